The minimum atomic E-state index is -0.856. The molecule has 3 aromatic rings. The Kier molecular flexibility index (Phi) is 5.34. The number of hydrogen-bond donors (Lipinski definition) is 0. The van der Waals surface area contributed by atoms with Crippen molar-refractivity contribution in [1.29, 1.82) is 0 Å². The summed E-state index contributed by atoms with van der Waals surface area (Å²) in [5, 5.41) is 4.17. The molecule has 1 fully saturated rings. The number of ether oxygens (including phenoxy) is 1. The van der Waals surface area contributed by atoms with Crippen LogP contribution in [0, 0.1) is 11.6 Å². The van der Waals surface area contributed by atoms with Crippen molar-refractivity contribution >= 4 is 11.6 Å². The summed E-state index contributed by atoms with van der Waals surface area (Å²) in [6, 6.07) is 5.60. The van der Waals surface area contributed by atoms with Gasteiger partial charge in [-0.15, -0.1) is 0 Å². The van der Waals surface area contributed by atoms with Gasteiger partial charge in [0.05, 0.1) is 7.11 Å². The highest BCUT2D eigenvalue weighted by Gasteiger charge is 2.29. The zero-order valence-corrected chi connectivity index (χ0v) is 15.4. The zero-order chi connectivity index (χ0) is 19.6. The van der Waals surface area contributed by atoms with Crippen molar-refractivity contribution in [2.45, 2.75) is 20.3 Å². The molecule has 0 bridgehead atoms. The minimum Gasteiger partial charge on any atom is -0.491 e. The van der Waals surface area contributed by atoms with Crippen molar-refractivity contribution in [3.63, 3.8) is 0 Å². The van der Waals surface area contributed by atoms with Crippen LogP contribution in [0.3, 0.4) is 0 Å². The third-order valence-corrected chi connectivity index (χ3v) is 4.21. The van der Waals surface area contributed by atoms with Crippen molar-refractivity contribution in [3.05, 3.63) is 47.8 Å². The van der Waals surface area contributed by atoms with Gasteiger partial charge in [0.25, 0.3) is 5.91 Å². The Balaban J connectivity index is 0.00000102. The van der Waals surface area contributed by atoms with Gasteiger partial charge >= 0.3 is 0 Å². The zero-order valence-electron chi connectivity index (χ0n) is 15.4. The quantitative estimate of drug-likeness (QED) is 0.703. The number of methoxy groups -OCH3 is 1. The molecule has 8 heteroatoms. The predicted molar refractivity (Wildman–Crippen MR) is 96.8 cm³/mol. The molecule has 4 rings (SSSR count). The maximum atomic E-state index is 14.2. The third-order valence-electron chi connectivity index (χ3n) is 4.21. The molecule has 0 aliphatic carbocycles. The second-order valence-corrected chi connectivity index (χ2v) is 5.72. The molecule has 0 unspecified atom stereocenters. The van der Waals surface area contributed by atoms with Crippen molar-refractivity contribution in [2.75, 3.05) is 20.2 Å². The number of likely N-dealkylation sites (tertiary alicyclic amines) is 1. The number of rotatable bonds is 3. The Hall–Kier alpha value is -3.03. The topological polar surface area (TPSA) is 59.7 Å². The van der Waals surface area contributed by atoms with Gasteiger partial charge < -0.3 is 9.64 Å². The smallest absolute Gasteiger partial charge is 0.274 e. The average molecular weight is 374 g/mol. The van der Waals surface area contributed by atoms with E-state index in [1.165, 1.54) is 17.8 Å². The fourth-order valence-corrected chi connectivity index (χ4v) is 2.86. The first-order valence-corrected chi connectivity index (χ1v) is 8.76. The van der Waals surface area contributed by atoms with Crippen molar-refractivity contribution in [1.82, 2.24) is 19.5 Å². The van der Waals surface area contributed by atoms with Crippen LogP contribution in [0.5, 0.6) is 5.75 Å². The van der Waals surface area contributed by atoms with Crippen LogP contribution in [-0.4, -0.2) is 45.6 Å². The van der Waals surface area contributed by atoms with Crippen LogP contribution in [0.15, 0.2) is 30.5 Å². The minimum absolute atomic E-state index is 0.127. The molecule has 0 atom stereocenters. The second-order valence-electron chi connectivity index (χ2n) is 5.72. The summed E-state index contributed by atoms with van der Waals surface area (Å²) < 4.78 is 34.4. The average Bonchev–Trinajstić information content (AvgIpc) is 3.01. The van der Waals surface area contributed by atoms with Crippen molar-refractivity contribution < 1.29 is 18.3 Å². The van der Waals surface area contributed by atoms with Gasteiger partial charge in [0.2, 0.25) is 0 Å². The molecule has 142 valence electrons. The van der Waals surface area contributed by atoms with Gasteiger partial charge in [0, 0.05) is 24.8 Å². The molecular formula is C19H20F2N4O2. The van der Waals surface area contributed by atoms with Crippen molar-refractivity contribution in [2.24, 2.45) is 0 Å². The number of nitrogens with zero attached hydrogens (tertiary/aromatic N) is 4. The van der Waals surface area contributed by atoms with E-state index in [2.05, 4.69) is 10.1 Å². The van der Waals surface area contributed by atoms with Gasteiger partial charge in [-0.2, -0.15) is 5.10 Å². The first-order chi connectivity index (χ1) is 13.1. The number of halogens is 2. The highest BCUT2D eigenvalue weighted by Crippen LogP contribution is 2.32. The van der Waals surface area contributed by atoms with Crippen LogP contribution in [0.25, 0.3) is 16.9 Å². The summed E-state index contributed by atoms with van der Waals surface area (Å²) in [7, 11) is 1.19. The largest absolute Gasteiger partial charge is 0.491 e. The van der Waals surface area contributed by atoms with E-state index in [0.29, 0.717) is 18.7 Å². The molecule has 1 amide bonds. The summed E-state index contributed by atoms with van der Waals surface area (Å²) in [6.07, 6.45) is 2.45. The Morgan fingerprint density at radius 1 is 1.19 bits per heavy atom. The number of hydrogen-bond acceptors (Lipinski definition) is 4. The monoisotopic (exact) mass is 374 g/mol. The number of carbonyl (C=O) groups is 1. The van der Waals surface area contributed by atoms with Crippen LogP contribution < -0.4 is 4.74 Å². The van der Waals surface area contributed by atoms with E-state index in [4.69, 9.17) is 4.74 Å². The predicted octanol–water partition coefficient (Wildman–Crippen LogP) is 3.56. The van der Waals surface area contributed by atoms with E-state index < -0.39 is 17.4 Å². The van der Waals surface area contributed by atoms with E-state index >= 15 is 0 Å². The molecule has 2 aromatic heterocycles. The number of aromatic nitrogens is 3. The molecular weight excluding hydrogens is 354 g/mol. The number of fused-ring (bicyclic) bond motifs is 1. The first kappa shape index (κ1) is 18.8. The Morgan fingerprint density at radius 2 is 1.85 bits per heavy atom. The fraction of sp³-hybridized carbons (Fsp3) is 0.316. The normalized spacial score (nSPS) is 13.0. The molecule has 0 spiro atoms. The van der Waals surface area contributed by atoms with Gasteiger partial charge in [-0.1, -0.05) is 13.8 Å². The van der Waals surface area contributed by atoms with Crippen molar-refractivity contribution in [3.8, 4) is 17.0 Å². The van der Waals surface area contributed by atoms with E-state index in [0.717, 1.165) is 18.6 Å². The lowest BCUT2D eigenvalue weighted by Crippen LogP contribution is -2.42. The van der Waals surface area contributed by atoms with Gasteiger partial charge in [-0.3, -0.25) is 4.79 Å². The van der Waals surface area contributed by atoms with Gasteiger partial charge in [0.15, 0.2) is 28.7 Å². The third kappa shape index (κ3) is 3.22. The number of amides is 1. The van der Waals surface area contributed by atoms with Crippen LogP contribution in [0.2, 0.25) is 0 Å². The molecule has 3 heterocycles. The maximum absolute atomic E-state index is 14.2. The van der Waals surface area contributed by atoms with Gasteiger partial charge in [-0.25, -0.2) is 18.3 Å². The SMILES string of the molecule is CC.COc1c(F)cc(-c2c(C(=O)N3CCC3)nc3cccnn23)cc1F. The summed E-state index contributed by atoms with van der Waals surface area (Å²) >= 11 is 0. The number of imidazole rings is 1. The van der Waals surface area contributed by atoms with E-state index in [1.54, 1.807) is 17.0 Å². The Labute approximate surface area is 155 Å². The van der Waals surface area contributed by atoms with Gasteiger partial charge in [0.1, 0.15) is 5.69 Å². The maximum Gasteiger partial charge on any atom is 0.274 e. The van der Waals surface area contributed by atoms with E-state index in [1.807, 2.05) is 13.8 Å². The lowest BCUT2D eigenvalue weighted by Gasteiger charge is -2.30. The lowest BCUT2D eigenvalue weighted by molar-refractivity contribution is 0.0647. The standard InChI is InChI=1S/C17H14F2N4O2.C2H6/c1-25-16-11(18)8-10(9-12(16)19)15-14(17(24)22-6-3-7-22)21-13-4-2-5-20-23(13)15;1-2/h2,4-5,8-9H,3,6-7H2,1H3;1-2H3. The van der Waals surface area contributed by atoms with Crippen LogP contribution in [0.1, 0.15) is 30.8 Å². The molecule has 1 aromatic carbocycles. The summed E-state index contributed by atoms with van der Waals surface area (Å²) in [4.78, 5) is 18.7. The highest BCUT2D eigenvalue weighted by molar-refractivity contribution is 5.99. The number of carbonyl (C=O) groups excluding carboxylic acids is 1. The summed E-state index contributed by atoms with van der Waals surface area (Å²) in [5.41, 5.74) is 0.985. The molecule has 1 aliphatic rings. The van der Waals surface area contributed by atoms with E-state index in [-0.39, 0.29) is 22.9 Å². The second kappa shape index (κ2) is 7.69. The summed E-state index contributed by atoms with van der Waals surface area (Å²) in [6.45, 7) is 5.29. The van der Waals surface area contributed by atoms with Crippen LogP contribution >= 0.6 is 0 Å². The summed E-state index contributed by atoms with van der Waals surface area (Å²) in [5.74, 6) is -2.46. The van der Waals surface area contributed by atoms with Gasteiger partial charge in [-0.05, 0) is 30.7 Å². The molecule has 27 heavy (non-hydrogen) atoms. The fourth-order valence-electron chi connectivity index (χ4n) is 2.86. The molecule has 0 N–H and O–H groups in total. The van der Waals surface area contributed by atoms with Crippen LogP contribution in [-0.2, 0) is 0 Å². The van der Waals surface area contributed by atoms with Crippen LogP contribution in [0.4, 0.5) is 8.78 Å². The number of benzene rings is 1. The van der Waals surface area contributed by atoms with E-state index in [9.17, 15) is 13.6 Å². The molecule has 0 saturated carbocycles. The first-order valence-electron chi connectivity index (χ1n) is 8.76. The molecule has 6 nitrogen and oxygen atoms in total. The molecule has 1 aliphatic heterocycles. The molecule has 0 radical (unpaired) electrons. The molecule has 1 saturated heterocycles. The Bertz CT molecular complexity index is 960. The highest BCUT2D eigenvalue weighted by atomic mass is 19.1. The lowest BCUT2D eigenvalue weighted by atomic mass is 10.1. The Morgan fingerprint density at radius 3 is 2.41 bits per heavy atom.